The molecule has 0 unspecified atom stereocenters. The predicted molar refractivity (Wildman–Crippen MR) is 131 cm³/mol. The van der Waals surface area contributed by atoms with Crippen LogP contribution < -0.4 is 14.4 Å². The van der Waals surface area contributed by atoms with Gasteiger partial charge in [0.2, 0.25) is 0 Å². The van der Waals surface area contributed by atoms with Crippen LogP contribution in [0.25, 0.3) is 11.3 Å². The molecule has 0 aliphatic heterocycles. The summed E-state index contributed by atoms with van der Waals surface area (Å²) in [6.07, 6.45) is 1.51. The maximum atomic E-state index is 12.6. The number of aromatic nitrogens is 2. The van der Waals surface area contributed by atoms with E-state index < -0.39 is 10.0 Å². The molecule has 0 bridgehead atoms. The summed E-state index contributed by atoms with van der Waals surface area (Å²) in [4.78, 5) is 10.9. The number of methoxy groups -OCH3 is 1. The standard InChI is InChI=1S/C25H24N4O3S/c1-18-8-14-21(15-9-18)33(30,31)28-19-10-12-20(13-11-19)29(2)25-16-23(26-17-27-25)22-6-4-5-7-24(22)32-3/h4-17,28H,1-3H3. The Morgan fingerprint density at radius 3 is 2.30 bits per heavy atom. The summed E-state index contributed by atoms with van der Waals surface area (Å²) in [5.74, 6) is 1.42. The van der Waals surface area contributed by atoms with E-state index >= 15 is 0 Å². The van der Waals surface area contributed by atoms with Crippen molar-refractivity contribution in [3.8, 4) is 17.0 Å². The maximum absolute atomic E-state index is 12.6. The quantitative estimate of drug-likeness (QED) is 0.416. The minimum absolute atomic E-state index is 0.221. The first-order valence-corrected chi connectivity index (χ1v) is 11.7. The molecule has 0 radical (unpaired) electrons. The van der Waals surface area contributed by atoms with Crippen molar-refractivity contribution in [1.82, 2.24) is 9.97 Å². The summed E-state index contributed by atoms with van der Waals surface area (Å²) in [6.45, 7) is 1.91. The fourth-order valence-corrected chi connectivity index (χ4v) is 4.41. The third kappa shape index (κ3) is 4.96. The van der Waals surface area contributed by atoms with Crippen molar-refractivity contribution in [3.05, 3.63) is 90.8 Å². The van der Waals surface area contributed by atoms with Crippen molar-refractivity contribution in [3.63, 3.8) is 0 Å². The van der Waals surface area contributed by atoms with Crippen LogP contribution in [0.5, 0.6) is 5.75 Å². The van der Waals surface area contributed by atoms with Gasteiger partial charge in [0.05, 0.1) is 17.7 Å². The van der Waals surface area contributed by atoms with Gasteiger partial charge in [0.15, 0.2) is 0 Å². The van der Waals surface area contributed by atoms with E-state index in [-0.39, 0.29) is 4.90 Å². The fraction of sp³-hybridized carbons (Fsp3) is 0.120. The van der Waals surface area contributed by atoms with E-state index in [1.807, 2.05) is 61.3 Å². The van der Waals surface area contributed by atoms with E-state index in [1.54, 1.807) is 43.5 Å². The van der Waals surface area contributed by atoms with Crippen molar-refractivity contribution in [2.24, 2.45) is 0 Å². The molecule has 8 heteroatoms. The van der Waals surface area contributed by atoms with E-state index in [4.69, 9.17) is 4.74 Å². The third-order valence-corrected chi connectivity index (χ3v) is 6.61. The third-order valence-electron chi connectivity index (χ3n) is 5.22. The molecule has 0 fully saturated rings. The van der Waals surface area contributed by atoms with Gasteiger partial charge in [-0.1, -0.05) is 29.8 Å². The number of hydrogen-bond donors (Lipinski definition) is 1. The molecule has 0 aliphatic rings. The van der Waals surface area contributed by atoms with Gasteiger partial charge in [-0.25, -0.2) is 18.4 Å². The maximum Gasteiger partial charge on any atom is 0.261 e. The van der Waals surface area contributed by atoms with E-state index in [0.29, 0.717) is 11.5 Å². The zero-order valence-corrected chi connectivity index (χ0v) is 19.4. The number of para-hydroxylation sites is 1. The first kappa shape index (κ1) is 22.3. The van der Waals surface area contributed by atoms with E-state index in [2.05, 4.69) is 14.7 Å². The largest absolute Gasteiger partial charge is 0.496 e. The Morgan fingerprint density at radius 1 is 0.909 bits per heavy atom. The molecule has 0 amide bonds. The molecule has 4 rings (SSSR count). The summed E-state index contributed by atoms with van der Waals surface area (Å²) >= 11 is 0. The number of sulfonamides is 1. The molecule has 4 aromatic rings. The van der Waals surface area contributed by atoms with Crippen LogP contribution in [0.2, 0.25) is 0 Å². The van der Waals surface area contributed by atoms with E-state index in [0.717, 1.165) is 28.3 Å². The number of rotatable bonds is 7. The lowest BCUT2D eigenvalue weighted by molar-refractivity contribution is 0.416. The predicted octanol–water partition coefficient (Wildman–Crippen LogP) is 5.03. The zero-order chi connectivity index (χ0) is 23.4. The molecule has 0 spiro atoms. The molecule has 0 aliphatic carbocycles. The Hall–Kier alpha value is -3.91. The number of hydrogen-bond acceptors (Lipinski definition) is 6. The van der Waals surface area contributed by atoms with Crippen LogP contribution in [0.4, 0.5) is 17.2 Å². The molecule has 7 nitrogen and oxygen atoms in total. The van der Waals surface area contributed by atoms with Crippen molar-refractivity contribution in [2.75, 3.05) is 23.8 Å². The minimum Gasteiger partial charge on any atom is -0.496 e. The van der Waals surface area contributed by atoms with Gasteiger partial charge >= 0.3 is 0 Å². The topological polar surface area (TPSA) is 84.4 Å². The highest BCUT2D eigenvalue weighted by Crippen LogP contribution is 2.31. The van der Waals surface area contributed by atoms with Gasteiger partial charge in [0.1, 0.15) is 17.9 Å². The second-order valence-electron chi connectivity index (χ2n) is 7.49. The highest BCUT2D eigenvalue weighted by Gasteiger charge is 2.15. The van der Waals surface area contributed by atoms with Gasteiger partial charge in [0, 0.05) is 30.1 Å². The molecule has 33 heavy (non-hydrogen) atoms. The van der Waals surface area contributed by atoms with Gasteiger partial charge in [-0.3, -0.25) is 4.72 Å². The Kier molecular flexibility index (Phi) is 6.28. The normalized spacial score (nSPS) is 11.1. The monoisotopic (exact) mass is 460 g/mol. The lowest BCUT2D eigenvalue weighted by Crippen LogP contribution is -2.14. The Morgan fingerprint density at radius 2 is 1.61 bits per heavy atom. The van der Waals surface area contributed by atoms with Crippen LogP contribution in [0.3, 0.4) is 0 Å². The van der Waals surface area contributed by atoms with Crippen LogP contribution >= 0.6 is 0 Å². The number of aryl methyl sites for hydroxylation is 1. The average Bonchev–Trinajstić information content (AvgIpc) is 2.84. The second kappa shape index (κ2) is 9.30. The van der Waals surface area contributed by atoms with Crippen LogP contribution in [0.15, 0.2) is 90.1 Å². The number of nitrogens with one attached hydrogen (secondary N) is 1. The highest BCUT2D eigenvalue weighted by molar-refractivity contribution is 7.92. The number of nitrogens with zero attached hydrogens (tertiary/aromatic N) is 3. The molecular weight excluding hydrogens is 436 g/mol. The number of anilines is 3. The summed E-state index contributed by atoms with van der Waals surface area (Å²) in [6, 6.07) is 23.4. The molecule has 168 valence electrons. The zero-order valence-electron chi connectivity index (χ0n) is 18.6. The van der Waals surface area contributed by atoms with E-state index in [9.17, 15) is 8.42 Å². The first-order chi connectivity index (χ1) is 15.9. The van der Waals surface area contributed by atoms with Gasteiger partial charge in [-0.15, -0.1) is 0 Å². The second-order valence-corrected chi connectivity index (χ2v) is 9.17. The molecule has 1 heterocycles. The Balaban J connectivity index is 1.54. The molecule has 1 N–H and O–H groups in total. The number of benzene rings is 3. The summed E-state index contributed by atoms with van der Waals surface area (Å²) < 4.78 is 33.3. The molecule has 0 saturated carbocycles. The fourth-order valence-electron chi connectivity index (χ4n) is 3.35. The first-order valence-electron chi connectivity index (χ1n) is 10.3. The van der Waals surface area contributed by atoms with Gasteiger partial charge in [0.25, 0.3) is 10.0 Å². The molecule has 3 aromatic carbocycles. The smallest absolute Gasteiger partial charge is 0.261 e. The molecule has 0 atom stereocenters. The molecule has 1 aromatic heterocycles. The lowest BCUT2D eigenvalue weighted by atomic mass is 10.1. The van der Waals surface area contributed by atoms with Crippen LogP contribution in [0, 0.1) is 6.92 Å². The van der Waals surface area contributed by atoms with Crippen molar-refractivity contribution in [1.29, 1.82) is 0 Å². The molecule has 0 saturated heterocycles. The van der Waals surface area contributed by atoms with Crippen LogP contribution in [0.1, 0.15) is 5.56 Å². The summed E-state index contributed by atoms with van der Waals surface area (Å²) in [5, 5.41) is 0. The lowest BCUT2D eigenvalue weighted by Gasteiger charge is -2.19. The SMILES string of the molecule is COc1ccccc1-c1cc(N(C)c2ccc(NS(=O)(=O)c3ccc(C)cc3)cc2)ncn1. The number of ether oxygens (including phenoxy) is 1. The Labute approximate surface area is 193 Å². The van der Waals surface area contributed by atoms with Crippen LogP contribution in [-0.2, 0) is 10.0 Å². The van der Waals surface area contributed by atoms with Crippen molar-refractivity contribution < 1.29 is 13.2 Å². The van der Waals surface area contributed by atoms with Crippen molar-refractivity contribution >= 4 is 27.2 Å². The highest BCUT2D eigenvalue weighted by atomic mass is 32.2. The summed E-state index contributed by atoms with van der Waals surface area (Å²) in [5.41, 5.74) is 3.94. The van der Waals surface area contributed by atoms with Gasteiger partial charge < -0.3 is 9.64 Å². The van der Waals surface area contributed by atoms with Crippen molar-refractivity contribution in [2.45, 2.75) is 11.8 Å². The van der Waals surface area contributed by atoms with Crippen LogP contribution in [-0.4, -0.2) is 32.5 Å². The average molecular weight is 461 g/mol. The summed E-state index contributed by atoms with van der Waals surface area (Å²) in [7, 11) is -0.139. The Bertz CT molecular complexity index is 1360. The minimum atomic E-state index is -3.65. The van der Waals surface area contributed by atoms with E-state index in [1.165, 1.54) is 6.33 Å². The van der Waals surface area contributed by atoms with Gasteiger partial charge in [-0.05, 0) is 55.5 Å². The van der Waals surface area contributed by atoms with Gasteiger partial charge in [-0.2, -0.15) is 0 Å². The molecular formula is C25H24N4O3S.